The zero-order valence-electron chi connectivity index (χ0n) is 14.8. The molecule has 0 atom stereocenters. The summed E-state index contributed by atoms with van der Waals surface area (Å²) in [5.41, 5.74) is 2.87. The third-order valence-electron chi connectivity index (χ3n) is 4.01. The number of hydrogen-bond acceptors (Lipinski definition) is 3. The molecule has 0 saturated heterocycles. The Morgan fingerprint density at radius 1 is 1.14 bits per heavy atom. The molecule has 0 fully saturated rings. The van der Waals surface area contributed by atoms with Crippen molar-refractivity contribution in [1.29, 1.82) is 0 Å². The standard InChI is InChI=1S/C22H17BrFNO3/c23-18-3-1-2-15(10-18)11-22(27)25-13-20(26)7-5-16-4-6-19(24)12-21(16)17-8-9-28-14-17/h1-10,12,14H,11,13H2,(H,25,27)/b7-5+. The molecule has 0 aliphatic rings. The van der Waals surface area contributed by atoms with Crippen LogP contribution in [0.25, 0.3) is 17.2 Å². The number of nitrogens with one attached hydrogen (secondary N) is 1. The van der Waals surface area contributed by atoms with Gasteiger partial charge in [-0.1, -0.05) is 40.2 Å². The summed E-state index contributed by atoms with van der Waals surface area (Å²) in [7, 11) is 0. The average molecular weight is 442 g/mol. The van der Waals surface area contributed by atoms with Gasteiger partial charge in [-0.2, -0.15) is 0 Å². The Kier molecular flexibility index (Phi) is 6.55. The van der Waals surface area contributed by atoms with Crippen LogP contribution in [0.2, 0.25) is 0 Å². The molecule has 0 aliphatic carbocycles. The van der Waals surface area contributed by atoms with Crippen LogP contribution in [0, 0.1) is 5.82 Å². The lowest BCUT2D eigenvalue weighted by Crippen LogP contribution is -2.29. The lowest BCUT2D eigenvalue weighted by Gasteiger charge is -2.05. The van der Waals surface area contributed by atoms with Gasteiger partial charge in [0.15, 0.2) is 5.78 Å². The molecule has 2 aromatic carbocycles. The number of rotatable bonds is 7. The van der Waals surface area contributed by atoms with Crippen LogP contribution in [0.1, 0.15) is 11.1 Å². The first kappa shape index (κ1) is 19.8. The van der Waals surface area contributed by atoms with E-state index in [1.165, 1.54) is 30.7 Å². The number of ketones is 1. The summed E-state index contributed by atoms with van der Waals surface area (Å²) in [5.74, 6) is -0.870. The van der Waals surface area contributed by atoms with Gasteiger partial charge in [0.2, 0.25) is 5.91 Å². The molecule has 0 aliphatic heterocycles. The van der Waals surface area contributed by atoms with Gasteiger partial charge in [0.25, 0.3) is 0 Å². The Balaban J connectivity index is 1.59. The first-order valence-corrected chi connectivity index (χ1v) is 9.35. The molecular formula is C22H17BrFNO3. The summed E-state index contributed by atoms with van der Waals surface area (Å²) < 4.78 is 19.5. The van der Waals surface area contributed by atoms with Crippen LogP contribution in [-0.2, 0) is 16.0 Å². The van der Waals surface area contributed by atoms with Crippen LogP contribution >= 0.6 is 15.9 Å². The van der Waals surface area contributed by atoms with Gasteiger partial charge in [-0.3, -0.25) is 9.59 Å². The SMILES string of the molecule is O=C(/C=C/c1ccc(F)cc1-c1ccoc1)CNC(=O)Cc1cccc(Br)c1. The van der Waals surface area contributed by atoms with Crippen LogP contribution in [0.5, 0.6) is 0 Å². The summed E-state index contributed by atoms with van der Waals surface area (Å²) in [6.45, 7) is -0.106. The predicted octanol–water partition coefficient (Wildman–Crippen LogP) is 4.79. The Bertz CT molecular complexity index is 1010. The number of hydrogen-bond donors (Lipinski definition) is 1. The number of amides is 1. The van der Waals surface area contributed by atoms with E-state index in [4.69, 9.17) is 4.42 Å². The summed E-state index contributed by atoms with van der Waals surface area (Å²) in [5, 5.41) is 2.61. The highest BCUT2D eigenvalue weighted by molar-refractivity contribution is 9.10. The van der Waals surface area contributed by atoms with Crippen molar-refractivity contribution >= 4 is 33.7 Å². The first-order valence-electron chi connectivity index (χ1n) is 8.55. The third-order valence-corrected chi connectivity index (χ3v) is 4.50. The molecule has 0 unspecified atom stereocenters. The van der Waals surface area contributed by atoms with Gasteiger partial charge >= 0.3 is 0 Å². The minimum absolute atomic E-state index is 0.106. The molecule has 1 N–H and O–H groups in total. The van der Waals surface area contributed by atoms with Crippen molar-refractivity contribution in [2.75, 3.05) is 6.54 Å². The van der Waals surface area contributed by atoms with Crippen molar-refractivity contribution in [3.63, 3.8) is 0 Å². The van der Waals surface area contributed by atoms with E-state index in [9.17, 15) is 14.0 Å². The highest BCUT2D eigenvalue weighted by Gasteiger charge is 2.08. The van der Waals surface area contributed by atoms with Gasteiger partial charge in [0.05, 0.1) is 25.5 Å². The van der Waals surface area contributed by atoms with E-state index >= 15 is 0 Å². The maximum Gasteiger partial charge on any atom is 0.224 e. The van der Waals surface area contributed by atoms with Gasteiger partial charge in [0.1, 0.15) is 5.82 Å². The predicted molar refractivity (Wildman–Crippen MR) is 109 cm³/mol. The molecule has 0 radical (unpaired) electrons. The van der Waals surface area contributed by atoms with Crippen molar-refractivity contribution in [3.8, 4) is 11.1 Å². The molecular weight excluding hydrogens is 425 g/mol. The summed E-state index contributed by atoms with van der Waals surface area (Å²) in [4.78, 5) is 24.1. The van der Waals surface area contributed by atoms with E-state index in [1.807, 2.05) is 24.3 Å². The van der Waals surface area contributed by atoms with Crippen LogP contribution in [0.3, 0.4) is 0 Å². The van der Waals surface area contributed by atoms with E-state index in [0.29, 0.717) is 16.7 Å². The second-order valence-corrected chi connectivity index (χ2v) is 7.04. The molecule has 1 heterocycles. The van der Waals surface area contributed by atoms with Crippen molar-refractivity contribution in [2.24, 2.45) is 0 Å². The van der Waals surface area contributed by atoms with Crippen LogP contribution < -0.4 is 5.32 Å². The van der Waals surface area contributed by atoms with Gasteiger partial charge in [-0.25, -0.2) is 4.39 Å². The van der Waals surface area contributed by atoms with E-state index in [-0.39, 0.29) is 30.5 Å². The van der Waals surface area contributed by atoms with Gasteiger partial charge < -0.3 is 9.73 Å². The minimum Gasteiger partial charge on any atom is -0.472 e. The van der Waals surface area contributed by atoms with Crippen LogP contribution in [0.15, 0.2) is 76.0 Å². The highest BCUT2D eigenvalue weighted by Crippen LogP contribution is 2.26. The monoisotopic (exact) mass is 441 g/mol. The molecule has 0 bridgehead atoms. The maximum atomic E-state index is 13.6. The number of benzene rings is 2. The van der Waals surface area contributed by atoms with Crippen molar-refractivity contribution in [1.82, 2.24) is 5.32 Å². The van der Waals surface area contributed by atoms with Crippen LogP contribution in [-0.4, -0.2) is 18.2 Å². The molecule has 3 rings (SSSR count). The van der Waals surface area contributed by atoms with E-state index in [1.54, 1.807) is 18.2 Å². The average Bonchev–Trinajstić information content (AvgIpc) is 3.20. The first-order chi connectivity index (χ1) is 13.5. The minimum atomic E-state index is -0.375. The van der Waals surface area contributed by atoms with Crippen molar-refractivity contribution in [2.45, 2.75) is 6.42 Å². The molecule has 1 aromatic heterocycles. The fraction of sp³-hybridized carbons (Fsp3) is 0.0909. The van der Waals surface area contributed by atoms with E-state index in [2.05, 4.69) is 21.2 Å². The Morgan fingerprint density at radius 3 is 2.75 bits per heavy atom. The largest absolute Gasteiger partial charge is 0.472 e. The van der Waals surface area contributed by atoms with Gasteiger partial charge in [0, 0.05) is 10.0 Å². The van der Waals surface area contributed by atoms with E-state index < -0.39 is 0 Å². The molecule has 0 spiro atoms. The molecule has 28 heavy (non-hydrogen) atoms. The Labute approximate surface area is 170 Å². The normalized spacial score (nSPS) is 10.9. The zero-order valence-corrected chi connectivity index (χ0v) is 16.4. The molecule has 3 aromatic rings. The molecule has 142 valence electrons. The fourth-order valence-electron chi connectivity index (χ4n) is 2.66. The number of carbonyl (C=O) groups excluding carboxylic acids is 2. The van der Waals surface area contributed by atoms with Crippen LogP contribution in [0.4, 0.5) is 4.39 Å². The van der Waals surface area contributed by atoms with Gasteiger partial charge in [-0.05, 0) is 53.1 Å². The number of furan rings is 1. The topological polar surface area (TPSA) is 59.3 Å². The molecule has 6 heteroatoms. The fourth-order valence-corrected chi connectivity index (χ4v) is 3.11. The number of carbonyl (C=O) groups is 2. The summed E-state index contributed by atoms with van der Waals surface area (Å²) in [6, 6.07) is 13.4. The van der Waals surface area contributed by atoms with Gasteiger partial charge in [-0.15, -0.1) is 0 Å². The smallest absolute Gasteiger partial charge is 0.224 e. The zero-order chi connectivity index (χ0) is 19.9. The lowest BCUT2D eigenvalue weighted by atomic mass is 10.0. The maximum absolute atomic E-state index is 13.6. The highest BCUT2D eigenvalue weighted by atomic mass is 79.9. The Morgan fingerprint density at radius 2 is 2.00 bits per heavy atom. The molecule has 1 amide bonds. The van der Waals surface area contributed by atoms with Crippen molar-refractivity contribution in [3.05, 3.63) is 88.6 Å². The number of halogens is 2. The second-order valence-electron chi connectivity index (χ2n) is 6.13. The van der Waals surface area contributed by atoms with E-state index in [0.717, 1.165) is 10.0 Å². The quantitative estimate of drug-likeness (QED) is 0.536. The lowest BCUT2D eigenvalue weighted by molar-refractivity contribution is -0.123. The van der Waals surface area contributed by atoms with Crippen molar-refractivity contribution < 1.29 is 18.4 Å². The summed E-state index contributed by atoms with van der Waals surface area (Å²) >= 11 is 3.36. The molecule has 0 saturated carbocycles. The molecule has 4 nitrogen and oxygen atoms in total. The third kappa shape index (κ3) is 5.50. The Hall–Kier alpha value is -2.99. The second kappa shape index (κ2) is 9.28. The summed E-state index contributed by atoms with van der Waals surface area (Å²) in [6.07, 6.45) is 6.18.